The molecule has 0 aromatic heterocycles. The van der Waals surface area contributed by atoms with Crippen LogP contribution in [0, 0.1) is 0 Å². The van der Waals surface area contributed by atoms with Gasteiger partial charge in [0.1, 0.15) is 17.9 Å². The van der Waals surface area contributed by atoms with Gasteiger partial charge in [-0.05, 0) is 96.2 Å². The minimum absolute atomic E-state index is 0.188. The number of carbonyl (C=O) groups excluding carboxylic acids is 4. The van der Waals surface area contributed by atoms with Crippen LogP contribution in [0.2, 0.25) is 0 Å². The molecule has 8 nitrogen and oxygen atoms in total. The minimum Gasteiger partial charge on any atom is -0.487 e. The molecule has 1 heterocycles. The molecule has 1 N–H and O–H groups in total. The van der Waals surface area contributed by atoms with Crippen LogP contribution in [0.4, 0.5) is 10.5 Å². The van der Waals surface area contributed by atoms with E-state index in [1.807, 2.05) is 42.5 Å². The summed E-state index contributed by atoms with van der Waals surface area (Å²) < 4.78 is 12.0. The maximum Gasteiger partial charge on any atom is 0.337 e. The van der Waals surface area contributed by atoms with Crippen molar-refractivity contribution >= 4 is 78.2 Å². The van der Waals surface area contributed by atoms with E-state index < -0.39 is 23.8 Å². The highest BCUT2D eigenvalue weighted by molar-refractivity contribution is 9.11. The van der Waals surface area contributed by atoms with Crippen LogP contribution in [0.25, 0.3) is 16.8 Å². The lowest BCUT2D eigenvalue weighted by Crippen LogP contribution is -2.54. The van der Waals surface area contributed by atoms with Gasteiger partial charge in [0, 0.05) is 0 Å². The maximum absolute atomic E-state index is 13.3. The number of hydrogen-bond acceptors (Lipinski definition) is 6. The first kappa shape index (κ1) is 27.3. The number of methoxy groups -OCH3 is 1. The molecular formula is C30H20Br2N2O6. The van der Waals surface area contributed by atoms with E-state index in [-0.39, 0.29) is 16.8 Å². The molecule has 0 spiro atoms. The summed E-state index contributed by atoms with van der Waals surface area (Å²) in [4.78, 5) is 51.0. The van der Waals surface area contributed by atoms with Crippen molar-refractivity contribution in [2.24, 2.45) is 0 Å². The zero-order valence-corrected chi connectivity index (χ0v) is 24.1. The van der Waals surface area contributed by atoms with Crippen molar-refractivity contribution < 1.29 is 28.7 Å². The van der Waals surface area contributed by atoms with Gasteiger partial charge in [-0.25, -0.2) is 14.5 Å². The molecule has 1 aliphatic heterocycles. The predicted octanol–water partition coefficient (Wildman–Crippen LogP) is 6.40. The van der Waals surface area contributed by atoms with Crippen molar-refractivity contribution in [2.75, 3.05) is 12.0 Å². The van der Waals surface area contributed by atoms with Gasteiger partial charge in [-0.2, -0.15) is 0 Å². The van der Waals surface area contributed by atoms with Gasteiger partial charge in [-0.15, -0.1) is 0 Å². The highest BCUT2D eigenvalue weighted by atomic mass is 79.9. The molecule has 0 aliphatic carbocycles. The van der Waals surface area contributed by atoms with Gasteiger partial charge in [0.2, 0.25) is 0 Å². The highest BCUT2D eigenvalue weighted by Gasteiger charge is 2.37. The number of urea groups is 1. The van der Waals surface area contributed by atoms with Crippen molar-refractivity contribution in [3.8, 4) is 5.75 Å². The van der Waals surface area contributed by atoms with Crippen LogP contribution in [0.5, 0.6) is 5.75 Å². The first-order chi connectivity index (χ1) is 19.3. The fourth-order valence-electron chi connectivity index (χ4n) is 4.29. The van der Waals surface area contributed by atoms with Gasteiger partial charge in [-0.3, -0.25) is 14.9 Å². The third-order valence-electron chi connectivity index (χ3n) is 6.23. The Labute approximate surface area is 245 Å². The Bertz CT molecular complexity index is 1690. The number of anilines is 1. The lowest BCUT2D eigenvalue weighted by atomic mass is 10.1. The average molecular weight is 664 g/mol. The monoisotopic (exact) mass is 662 g/mol. The summed E-state index contributed by atoms with van der Waals surface area (Å²) in [6.07, 6.45) is 1.39. The van der Waals surface area contributed by atoms with Crippen LogP contribution in [-0.2, 0) is 20.9 Å². The number of ether oxygens (including phenoxy) is 2. The molecular weight excluding hydrogens is 644 g/mol. The summed E-state index contributed by atoms with van der Waals surface area (Å²) in [6, 6.07) is 22.3. The SMILES string of the molecule is COC(=O)c1ccc(N2C(=O)NC(=O)/C(=C\c3cc(Br)c(OCc4cccc5ccccc45)c(Br)c3)C2=O)cc1. The second kappa shape index (κ2) is 11.4. The number of benzene rings is 4. The fourth-order valence-corrected chi connectivity index (χ4v) is 5.74. The van der Waals surface area contributed by atoms with Crippen LogP contribution in [0.1, 0.15) is 21.5 Å². The Balaban J connectivity index is 1.40. The molecule has 0 bridgehead atoms. The summed E-state index contributed by atoms with van der Waals surface area (Å²) in [5.74, 6) is -1.63. The van der Waals surface area contributed by atoms with E-state index in [2.05, 4.69) is 41.9 Å². The minimum atomic E-state index is -0.891. The standard InChI is InChI=1S/C30H20Br2N2O6/c1-39-29(37)19-9-11-21(12-10-19)34-28(36)23(27(35)33-30(34)38)13-17-14-24(31)26(25(32)15-17)40-16-20-7-4-6-18-5-2-3-8-22(18)20/h2-15H,16H2,1H3,(H,33,35,38)/b23-13+. The number of nitrogens with zero attached hydrogens (tertiary/aromatic N) is 1. The molecule has 0 unspecified atom stereocenters. The van der Waals surface area contributed by atoms with Crippen molar-refractivity contribution in [1.29, 1.82) is 0 Å². The number of halogens is 2. The summed E-state index contributed by atoms with van der Waals surface area (Å²) >= 11 is 7.05. The van der Waals surface area contributed by atoms with Gasteiger partial charge in [0.25, 0.3) is 11.8 Å². The van der Waals surface area contributed by atoms with Gasteiger partial charge in [-0.1, -0.05) is 42.5 Å². The van der Waals surface area contributed by atoms with E-state index in [1.54, 1.807) is 12.1 Å². The molecule has 200 valence electrons. The number of fused-ring (bicyclic) bond motifs is 1. The molecule has 0 atom stereocenters. The number of nitrogens with one attached hydrogen (secondary N) is 1. The first-order valence-corrected chi connectivity index (χ1v) is 13.5. The van der Waals surface area contributed by atoms with Crippen molar-refractivity contribution in [3.63, 3.8) is 0 Å². The fraction of sp³-hybridized carbons (Fsp3) is 0.0667. The molecule has 40 heavy (non-hydrogen) atoms. The highest BCUT2D eigenvalue weighted by Crippen LogP contribution is 2.36. The van der Waals surface area contributed by atoms with E-state index in [4.69, 9.17) is 4.74 Å². The van der Waals surface area contributed by atoms with Crippen LogP contribution in [-0.4, -0.2) is 30.9 Å². The molecule has 0 saturated carbocycles. The number of amides is 4. The van der Waals surface area contributed by atoms with Crippen molar-refractivity contribution in [3.05, 3.63) is 110 Å². The number of carbonyl (C=O) groups is 4. The molecule has 5 rings (SSSR count). The average Bonchev–Trinajstić information content (AvgIpc) is 2.94. The molecule has 4 amide bonds. The quantitative estimate of drug-likeness (QED) is 0.146. The topological polar surface area (TPSA) is 102 Å². The maximum atomic E-state index is 13.3. The molecule has 0 radical (unpaired) electrons. The number of imide groups is 2. The number of hydrogen-bond donors (Lipinski definition) is 1. The zero-order valence-electron chi connectivity index (χ0n) is 20.9. The van der Waals surface area contributed by atoms with E-state index >= 15 is 0 Å². The number of rotatable bonds is 6. The molecule has 1 aliphatic rings. The molecule has 10 heteroatoms. The normalized spacial score (nSPS) is 14.4. The number of barbiturate groups is 1. The smallest absolute Gasteiger partial charge is 0.337 e. The van der Waals surface area contributed by atoms with Gasteiger partial charge in [0.05, 0.1) is 27.3 Å². The molecule has 4 aromatic rings. The van der Waals surface area contributed by atoms with Gasteiger partial charge >= 0.3 is 12.0 Å². The molecule has 4 aromatic carbocycles. The molecule has 1 fully saturated rings. The van der Waals surface area contributed by atoms with Crippen molar-refractivity contribution in [1.82, 2.24) is 5.32 Å². The summed E-state index contributed by atoms with van der Waals surface area (Å²) in [5.41, 5.74) is 1.75. The Kier molecular flexibility index (Phi) is 7.81. The van der Waals surface area contributed by atoms with E-state index in [0.717, 1.165) is 21.2 Å². The van der Waals surface area contributed by atoms with Crippen LogP contribution >= 0.6 is 31.9 Å². The summed E-state index contributed by atoms with van der Waals surface area (Å²) in [6.45, 7) is 0.325. The van der Waals surface area contributed by atoms with E-state index in [9.17, 15) is 19.2 Å². The third-order valence-corrected chi connectivity index (χ3v) is 7.41. The van der Waals surface area contributed by atoms with Crippen LogP contribution in [0.3, 0.4) is 0 Å². The second-order valence-corrected chi connectivity index (χ2v) is 10.4. The van der Waals surface area contributed by atoms with Gasteiger partial charge < -0.3 is 9.47 Å². The summed E-state index contributed by atoms with van der Waals surface area (Å²) in [7, 11) is 1.25. The zero-order chi connectivity index (χ0) is 28.4. The predicted molar refractivity (Wildman–Crippen MR) is 157 cm³/mol. The first-order valence-electron chi connectivity index (χ1n) is 11.9. The lowest BCUT2D eigenvalue weighted by molar-refractivity contribution is -0.122. The third kappa shape index (κ3) is 5.41. The van der Waals surface area contributed by atoms with E-state index in [0.29, 0.717) is 26.9 Å². The Morgan fingerprint density at radius 3 is 2.30 bits per heavy atom. The van der Waals surface area contributed by atoms with E-state index in [1.165, 1.54) is 37.5 Å². The van der Waals surface area contributed by atoms with Gasteiger partial charge in [0.15, 0.2) is 0 Å². The van der Waals surface area contributed by atoms with Crippen molar-refractivity contribution in [2.45, 2.75) is 6.61 Å². The largest absolute Gasteiger partial charge is 0.487 e. The Morgan fingerprint density at radius 2 is 1.60 bits per heavy atom. The van der Waals surface area contributed by atoms with Crippen LogP contribution < -0.4 is 15.0 Å². The lowest BCUT2D eigenvalue weighted by Gasteiger charge is -2.26. The Hall–Kier alpha value is -4.28. The Morgan fingerprint density at radius 1 is 0.925 bits per heavy atom. The second-order valence-electron chi connectivity index (χ2n) is 8.74. The molecule has 1 saturated heterocycles. The summed E-state index contributed by atoms with van der Waals surface area (Å²) in [5, 5.41) is 4.40. The number of esters is 1. The van der Waals surface area contributed by atoms with Crippen LogP contribution in [0.15, 0.2) is 93.4 Å².